The Balaban J connectivity index is 2.05. The molecule has 1 fully saturated rings. The molecule has 2 N–H and O–H groups in total. The van der Waals surface area contributed by atoms with Gasteiger partial charge in [-0.3, -0.25) is 0 Å². The molecule has 0 atom stereocenters. The van der Waals surface area contributed by atoms with Crippen molar-refractivity contribution in [1.82, 2.24) is 9.97 Å². The third-order valence-corrected chi connectivity index (χ3v) is 3.38. The number of rotatable bonds is 3. The van der Waals surface area contributed by atoms with E-state index in [0.717, 1.165) is 25.2 Å². The number of nitrogens with two attached hydrogens (primary N) is 1. The molecule has 1 aromatic heterocycles. The van der Waals surface area contributed by atoms with E-state index in [1.807, 2.05) is 6.07 Å². The molecule has 0 bridgehead atoms. The highest BCUT2D eigenvalue weighted by molar-refractivity contribution is 5.37. The van der Waals surface area contributed by atoms with Gasteiger partial charge in [-0.15, -0.1) is 0 Å². The maximum atomic E-state index is 5.93. The van der Waals surface area contributed by atoms with Crippen LogP contribution >= 0.6 is 0 Å². The zero-order valence-electron chi connectivity index (χ0n) is 9.84. The molecule has 0 saturated heterocycles. The molecule has 16 heavy (non-hydrogen) atoms. The molecular weight excluding hydrogens is 200 g/mol. The van der Waals surface area contributed by atoms with Crippen LogP contribution in [0.2, 0.25) is 0 Å². The van der Waals surface area contributed by atoms with E-state index in [4.69, 9.17) is 5.73 Å². The van der Waals surface area contributed by atoms with E-state index in [1.165, 1.54) is 12.8 Å². The fraction of sp³-hybridized carbons (Fsp3) is 0.667. The number of aromatic nitrogens is 2. The molecule has 0 radical (unpaired) electrons. The Morgan fingerprint density at radius 1 is 1.38 bits per heavy atom. The van der Waals surface area contributed by atoms with Gasteiger partial charge >= 0.3 is 0 Å². The van der Waals surface area contributed by atoms with E-state index < -0.39 is 0 Å². The summed E-state index contributed by atoms with van der Waals surface area (Å²) in [4.78, 5) is 10.7. The molecule has 0 aliphatic heterocycles. The van der Waals surface area contributed by atoms with Crippen molar-refractivity contribution < 1.29 is 0 Å². The first-order chi connectivity index (χ1) is 7.81. The lowest BCUT2D eigenvalue weighted by atomic mass is 9.91. The minimum atomic E-state index is 0.403. The molecule has 0 spiro atoms. The Labute approximate surface area is 96.9 Å². The second-order valence-corrected chi connectivity index (χ2v) is 4.42. The number of anilines is 1. The van der Waals surface area contributed by atoms with Gasteiger partial charge < -0.3 is 10.6 Å². The van der Waals surface area contributed by atoms with Gasteiger partial charge in [-0.05, 0) is 38.7 Å². The molecular formula is C12H20N4. The fourth-order valence-corrected chi connectivity index (χ4v) is 2.47. The average Bonchev–Trinajstić information content (AvgIpc) is 2.34. The highest BCUT2D eigenvalue weighted by Gasteiger charge is 2.23. The summed E-state index contributed by atoms with van der Waals surface area (Å²) in [7, 11) is 0. The van der Waals surface area contributed by atoms with E-state index in [1.54, 1.807) is 12.5 Å². The van der Waals surface area contributed by atoms with Gasteiger partial charge in [0, 0.05) is 24.8 Å². The van der Waals surface area contributed by atoms with Crippen molar-refractivity contribution in [2.75, 3.05) is 11.4 Å². The van der Waals surface area contributed by atoms with Crippen LogP contribution in [0.4, 0.5) is 5.82 Å². The number of nitrogens with zero attached hydrogens (tertiary/aromatic N) is 3. The van der Waals surface area contributed by atoms with Crippen LogP contribution in [0.1, 0.15) is 32.6 Å². The first-order valence-corrected chi connectivity index (χ1v) is 6.09. The molecule has 4 nitrogen and oxygen atoms in total. The summed E-state index contributed by atoms with van der Waals surface area (Å²) in [5.41, 5.74) is 5.93. The van der Waals surface area contributed by atoms with Crippen LogP contribution in [0.5, 0.6) is 0 Å². The van der Waals surface area contributed by atoms with Crippen LogP contribution in [-0.2, 0) is 0 Å². The van der Waals surface area contributed by atoms with Crippen LogP contribution in [0.15, 0.2) is 18.6 Å². The Morgan fingerprint density at radius 2 is 2.12 bits per heavy atom. The quantitative estimate of drug-likeness (QED) is 0.840. The Kier molecular flexibility index (Phi) is 3.72. The standard InChI is InChI=1S/C12H20N4/c1-2-16(12-7-8-14-9-15-12)11-5-3-10(13)4-6-11/h7-11H,2-6,13H2,1H3. The van der Waals surface area contributed by atoms with Gasteiger partial charge in [0.1, 0.15) is 12.1 Å². The van der Waals surface area contributed by atoms with Gasteiger partial charge in [0.2, 0.25) is 0 Å². The second kappa shape index (κ2) is 5.25. The number of hydrogen-bond acceptors (Lipinski definition) is 4. The average molecular weight is 220 g/mol. The lowest BCUT2D eigenvalue weighted by Gasteiger charge is -2.36. The van der Waals surface area contributed by atoms with Crippen molar-refractivity contribution in [1.29, 1.82) is 0 Å². The van der Waals surface area contributed by atoms with Crippen LogP contribution in [0.3, 0.4) is 0 Å². The smallest absolute Gasteiger partial charge is 0.132 e. The minimum absolute atomic E-state index is 0.403. The molecule has 0 aromatic carbocycles. The summed E-state index contributed by atoms with van der Waals surface area (Å²) in [5, 5.41) is 0. The van der Waals surface area contributed by atoms with Gasteiger partial charge in [-0.2, -0.15) is 0 Å². The minimum Gasteiger partial charge on any atom is -0.354 e. The molecule has 1 saturated carbocycles. The maximum Gasteiger partial charge on any atom is 0.132 e. The van der Waals surface area contributed by atoms with Gasteiger partial charge in [-0.25, -0.2) is 9.97 Å². The largest absolute Gasteiger partial charge is 0.354 e. The van der Waals surface area contributed by atoms with Crippen molar-refractivity contribution in [2.24, 2.45) is 5.73 Å². The highest BCUT2D eigenvalue weighted by Crippen LogP contribution is 2.25. The summed E-state index contributed by atoms with van der Waals surface area (Å²) in [6.45, 7) is 3.17. The normalized spacial score (nSPS) is 25.4. The van der Waals surface area contributed by atoms with Crippen LogP contribution in [0.25, 0.3) is 0 Å². The van der Waals surface area contributed by atoms with Crippen molar-refractivity contribution in [3.05, 3.63) is 18.6 Å². The summed E-state index contributed by atoms with van der Waals surface area (Å²) >= 11 is 0. The molecule has 88 valence electrons. The monoisotopic (exact) mass is 220 g/mol. The Hall–Kier alpha value is -1.16. The van der Waals surface area contributed by atoms with E-state index in [2.05, 4.69) is 21.8 Å². The molecule has 1 aromatic rings. The van der Waals surface area contributed by atoms with E-state index in [9.17, 15) is 0 Å². The predicted molar refractivity (Wildman–Crippen MR) is 65.3 cm³/mol. The van der Waals surface area contributed by atoms with Crippen molar-refractivity contribution >= 4 is 5.82 Å². The van der Waals surface area contributed by atoms with Crippen molar-refractivity contribution in [3.63, 3.8) is 0 Å². The van der Waals surface area contributed by atoms with Crippen molar-refractivity contribution in [3.8, 4) is 0 Å². The van der Waals surface area contributed by atoms with Crippen LogP contribution in [-0.4, -0.2) is 28.6 Å². The van der Waals surface area contributed by atoms with Crippen molar-refractivity contribution in [2.45, 2.75) is 44.7 Å². The lowest BCUT2D eigenvalue weighted by molar-refractivity contribution is 0.377. The molecule has 1 aliphatic rings. The highest BCUT2D eigenvalue weighted by atomic mass is 15.2. The van der Waals surface area contributed by atoms with Gasteiger partial charge in [0.05, 0.1) is 0 Å². The van der Waals surface area contributed by atoms with Crippen LogP contribution in [0, 0.1) is 0 Å². The summed E-state index contributed by atoms with van der Waals surface area (Å²) < 4.78 is 0. The fourth-order valence-electron chi connectivity index (χ4n) is 2.47. The molecule has 0 amide bonds. The topological polar surface area (TPSA) is 55.0 Å². The second-order valence-electron chi connectivity index (χ2n) is 4.42. The van der Waals surface area contributed by atoms with Gasteiger partial charge in [0.25, 0.3) is 0 Å². The summed E-state index contributed by atoms with van der Waals surface area (Å²) in [6.07, 6.45) is 8.04. The predicted octanol–water partition coefficient (Wildman–Crippen LogP) is 1.57. The zero-order valence-corrected chi connectivity index (χ0v) is 9.84. The van der Waals surface area contributed by atoms with E-state index in [-0.39, 0.29) is 0 Å². The molecule has 1 heterocycles. The maximum absolute atomic E-state index is 5.93. The molecule has 2 rings (SSSR count). The van der Waals surface area contributed by atoms with E-state index in [0.29, 0.717) is 12.1 Å². The van der Waals surface area contributed by atoms with Crippen LogP contribution < -0.4 is 10.6 Å². The first kappa shape index (κ1) is 11.3. The third-order valence-electron chi connectivity index (χ3n) is 3.38. The molecule has 0 unspecified atom stereocenters. The number of hydrogen-bond donors (Lipinski definition) is 1. The summed E-state index contributed by atoms with van der Waals surface area (Å²) in [6, 6.07) is 2.98. The van der Waals surface area contributed by atoms with E-state index >= 15 is 0 Å². The van der Waals surface area contributed by atoms with Gasteiger partial charge in [0.15, 0.2) is 0 Å². The zero-order chi connectivity index (χ0) is 11.4. The van der Waals surface area contributed by atoms with Gasteiger partial charge in [-0.1, -0.05) is 0 Å². The molecule has 4 heteroatoms. The third kappa shape index (κ3) is 2.50. The first-order valence-electron chi connectivity index (χ1n) is 6.09. The molecule has 1 aliphatic carbocycles. The Bertz CT molecular complexity index is 306. The lowest BCUT2D eigenvalue weighted by Crippen LogP contribution is -2.41. The summed E-state index contributed by atoms with van der Waals surface area (Å²) in [5.74, 6) is 1.04. The SMILES string of the molecule is CCN(c1ccncn1)C1CCC(N)CC1. The Morgan fingerprint density at radius 3 is 2.69 bits per heavy atom.